The second kappa shape index (κ2) is 8.86. The third-order valence-electron chi connectivity index (χ3n) is 3.44. The largest absolute Gasteiger partial charge is 0.383 e. The molecule has 0 radical (unpaired) electrons. The van der Waals surface area contributed by atoms with Crippen molar-refractivity contribution in [2.24, 2.45) is 0 Å². The molecule has 0 amide bonds. The van der Waals surface area contributed by atoms with E-state index in [4.69, 9.17) is 4.74 Å². The van der Waals surface area contributed by atoms with E-state index in [2.05, 4.69) is 29.0 Å². The average Bonchev–Trinajstić information content (AvgIpc) is 2.37. The molecule has 1 N–H and O–H groups in total. The molecule has 0 aromatic carbocycles. The van der Waals surface area contributed by atoms with Crippen LogP contribution in [-0.4, -0.2) is 75.4 Å². The summed E-state index contributed by atoms with van der Waals surface area (Å²) in [5.74, 6) is 0. The Morgan fingerprint density at radius 2 is 1.76 bits per heavy atom. The number of ether oxygens (including phenoxy) is 1. The lowest BCUT2D eigenvalue weighted by Crippen LogP contribution is -2.51. The minimum atomic E-state index is 0.480. The summed E-state index contributed by atoms with van der Waals surface area (Å²) in [5, 5.41) is 3.56. The van der Waals surface area contributed by atoms with E-state index < -0.39 is 0 Å². The van der Waals surface area contributed by atoms with Crippen LogP contribution < -0.4 is 5.32 Å². The highest BCUT2D eigenvalue weighted by atomic mass is 16.5. The molecule has 0 saturated carbocycles. The van der Waals surface area contributed by atoms with E-state index in [1.807, 2.05) is 0 Å². The number of piperazine rings is 1. The Labute approximate surface area is 106 Å². The molecule has 4 heteroatoms. The smallest absolute Gasteiger partial charge is 0.0628 e. The van der Waals surface area contributed by atoms with Gasteiger partial charge in [0.25, 0.3) is 0 Å². The fourth-order valence-corrected chi connectivity index (χ4v) is 2.33. The molecule has 0 aromatic heterocycles. The van der Waals surface area contributed by atoms with Gasteiger partial charge in [0.05, 0.1) is 6.61 Å². The molecule has 4 nitrogen and oxygen atoms in total. The van der Waals surface area contributed by atoms with Crippen molar-refractivity contribution < 1.29 is 4.74 Å². The molecule has 1 aliphatic rings. The van der Waals surface area contributed by atoms with Crippen LogP contribution >= 0.6 is 0 Å². The number of methoxy groups -OCH3 is 1. The second-order valence-electron chi connectivity index (χ2n) is 4.84. The van der Waals surface area contributed by atoms with E-state index in [9.17, 15) is 0 Å². The van der Waals surface area contributed by atoms with Crippen LogP contribution in [-0.2, 0) is 4.74 Å². The Balaban J connectivity index is 2.24. The van der Waals surface area contributed by atoms with Crippen LogP contribution in [0.1, 0.15) is 20.3 Å². The number of nitrogens with one attached hydrogen (secondary N) is 1. The number of rotatable bonds is 8. The summed E-state index contributed by atoms with van der Waals surface area (Å²) < 4.78 is 5.29. The maximum Gasteiger partial charge on any atom is 0.0628 e. The molecular formula is C13H29N3O. The molecule has 1 atom stereocenters. The molecule has 0 aliphatic carbocycles. The molecule has 17 heavy (non-hydrogen) atoms. The number of nitrogens with zero attached hydrogens (tertiary/aromatic N) is 2. The van der Waals surface area contributed by atoms with E-state index in [0.29, 0.717) is 6.04 Å². The zero-order valence-electron chi connectivity index (χ0n) is 11.7. The van der Waals surface area contributed by atoms with Crippen molar-refractivity contribution in [2.75, 3.05) is 59.5 Å². The summed E-state index contributed by atoms with van der Waals surface area (Å²) >= 11 is 0. The number of hydrogen-bond acceptors (Lipinski definition) is 4. The first-order valence-corrected chi connectivity index (χ1v) is 6.97. The highest BCUT2D eigenvalue weighted by Crippen LogP contribution is 2.02. The van der Waals surface area contributed by atoms with Crippen molar-refractivity contribution in [2.45, 2.75) is 26.3 Å². The van der Waals surface area contributed by atoms with E-state index >= 15 is 0 Å². The zero-order chi connectivity index (χ0) is 12.5. The summed E-state index contributed by atoms with van der Waals surface area (Å²) in [6, 6.07) is 0.480. The molecule has 1 rings (SSSR count). The summed E-state index contributed by atoms with van der Waals surface area (Å²) in [6.07, 6.45) is 1.18. The van der Waals surface area contributed by atoms with Crippen molar-refractivity contribution in [3.63, 3.8) is 0 Å². The Kier molecular flexibility index (Phi) is 7.77. The highest BCUT2D eigenvalue weighted by Gasteiger charge is 2.18. The zero-order valence-corrected chi connectivity index (χ0v) is 11.7. The first-order valence-electron chi connectivity index (χ1n) is 6.97. The van der Waals surface area contributed by atoms with Gasteiger partial charge in [-0.3, -0.25) is 4.90 Å². The monoisotopic (exact) mass is 243 g/mol. The summed E-state index contributed by atoms with van der Waals surface area (Å²) in [4.78, 5) is 5.07. The second-order valence-corrected chi connectivity index (χ2v) is 4.84. The minimum Gasteiger partial charge on any atom is -0.383 e. The van der Waals surface area contributed by atoms with Crippen molar-refractivity contribution in [1.82, 2.24) is 15.1 Å². The van der Waals surface area contributed by atoms with Gasteiger partial charge in [-0.1, -0.05) is 13.8 Å². The van der Waals surface area contributed by atoms with Crippen LogP contribution in [0.25, 0.3) is 0 Å². The van der Waals surface area contributed by atoms with Crippen LogP contribution in [0.4, 0.5) is 0 Å². The van der Waals surface area contributed by atoms with Crippen molar-refractivity contribution in [1.29, 1.82) is 0 Å². The Morgan fingerprint density at radius 1 is 1.12 bits per heavy atom. The minimum absolute atomic E-state index is 0.480. The van der Waals surface area contributed by atoms with Crippen molar-refractivity contribution in [3.05, 3.63) is 0 Å². The molecular weight excluding hydrogens is 214 g/mol. The van der Waals surface area contributed by atoms with Gasteiger partial charge in [-0.2, -0.15) is 0 Å². The summed E-state index contributed by atoms with van der Waals surface area (Å²) in [5.41, 5.74) is 0. The van der Waals surface area contributed by atoms with Gasteiger partial charge >= 0.3 is 0 Å². The number of likely N-dealkylation sites (N-methyl/N-ethyl adjacent to an activating group) is 1. The maximum absolute atomic E-state index is 5.29. The lowest BCUT2D eigenvalue weighted by atomic mass is 10.2. The number of hydrogen-bond donors (Lipinski definition) is 1. The van der Waals surface area contributed by atoms with Gasteiger partial charge in [0.2, 0.25) is 0 Å². The molecule has 1 unspecified atom stereocenters. The molecule has 1 saturated heterocycles. The van der Waals surface area contributed by atoms with Gasteiger partial charge in [-0.15, -0.1) is 0 Å². The van der Waals surface area contributed by atoms with Gasteiger partial charge in [0, 0.05) is 45.9 Å². The van der Waals surface area contributed by atoms with Gasteiger partial charge in [-0.25, -0.2) is 0 Å². The van der Waals surface area contributed by atoms with Gasteiger partial charge < -0.3 is 15.0 Å². The first-order chi connectivity index (χ1) is 8.30. The van der Waals surface area contributed by atoms with E-state index in [-0.39, 0.29) is 0 Å². The third-order valence-corrected chi connectivity index (χ3v) is 3.44. The fraction of sp³-hybridized carbons (Fsp3) is 1.00. The fourth-order valence-electron chi connectivity index (χ4n) is 2.33. The molecule has 102 valence electrons. The highest BCUT2D eigenvalue weighted by molar-refractivity contribution is 4.77. The Hall–Kier alpha value is -0.160. The predicted octanol–water partition coefficient (Wildman–Crippen LogP) is 0.639. The third kappa shape index (κ3) is 5.82. The Bertz CT molecular complexity index is 182. The van der Waals surface area contributed by atoms with Crippen LogP contribution in [0.2, 0.25) is 0 Å². The molecule has 1 heterocycles. The van der Waals surface area contributed by atoms with Gasteiger partial charge in [0.1, 0.15) is 0 Å². The normalized spacial score (nSPS) is 20.6. The maximum atomic E-state index is 5.29. The molecule has 0 spiro atoms. The summed E-state index contributed by atoms with van der Waals surface area (Å²) in [7, 11) is 1.79. The van der Waals surface area contributed by atoms with Gasteiger partial charge in [-0.05, 0) is 19.5 Å². The van der Waals surface area contributed by atoms with Crippen molar-refractivity contribution >= 4 is 0 Å². The molecule has 0 bridgehead atoms. The Morgan fingerprint density at radius 3 is 2.29 bits per heavy atom. The standard InChI is InChI=1S/C13H29N3O/c1-4-6-14-13(12-17-3)11-16-9-7-15(5-2)8-10-16/h13-14H,4-12H2,1-3H3. The quantitative estimate of drug-likeness (QED) is 0.677. The van der Waals surface area contributed by atoms with Gasteiger partial charge in [0.15, 0.2) is 0 Å². The summed E-state index contributed by atoms with van der Waals surface area (Å²) in [6.45, 7) is 13.5. The molecule has 1 aliphatic heterocycles. The SMILES string of the molecule is CCCNC(COC)CN1CCN(CC)CC1. The molecule has 1 fully saturated rings. The van der Waals surface area contributed by atoms with Crippen LogP contribution in [0, 0.1) is 0 Å². The van der Waals surface area contributed by atoms with Crippen LogP contribution in [0.3, 0.4) is 0 Å². The first kappa shape index (κ1) is 14.9. The van der Waals surface area contributed by atoms with E-state index in [1.54, 1.807) is 7.11 Å². The average molecular weight is 243 g/mol. The van der Waals surface area contributed by atoms with Crippen LogP contribution in [0.15, 0.2) is 0 Å². The topological polar surface area (TPSA) is 27.7 Å². The predicted molar refractivity (Wildman–Crippen MR) is 72.5 cm³/mol. The molecule has 0 aromatic rings. The van der Waals surface area contributed by atoms with E-state index in [1.165, 1.54) is 39.1 Å². The van der Waals surface area contributed by atoms with E-state index in [0.717, 1.165) is 19.7 Å². The lowest BCUT2D eigenvalue weighted by molar-refractivity contribution is 0.100. The lowest BCUT2D eigenvalue weighted by Gasteiger charge is -2.36. The van der Waals surface area contributed by atoms with Crippen LogP contribution in [0.5, 0.6) is 0 Å². The van der Waals surface area contributed by atoms with Crippen molar-refractivity contribution in [3.8, 4) is 0 Å².